The zero-order valence-corrected chi connectivity index (χ0v) is 12.7. The Labute approximate surface area is 120 Å². The molecule has 0 spiro atoms. The number of methoxy groups -OCH3 is 1. The number of ether oxygens (including phenoxy) is 2. The van der Waals surface area contributed by atoms with Crippen LogP contribution in [0.15, 0.2) is 0 Å². The molecule has 20 heavy (non-hydrogen) atoms. The maximum atomic E-state index is 11.9. The van der Waals surface area contributed by atoms with Crippen molar-refractivity contribution in [2.45, 2.75) is 32.7 Å². The molecule has 1 aliphatic rings. The molecule has 1 unspecified atom stereocenters. The molecular weight excluding hydrogens is 260 g/mol. The van der Waals surface area contributed by atoms with Crippen LogP contribution < -0.4 is 5.32 Å². The third-order valence-electron chi connectivity index (χ3n) is 3.23. The van der Waals surface area contributed by atoms with E-state index in [4.69, 9.17) is 9.47 Å². The molecule has 1 saturated heterocycles. The third-order valence-corrected chi connectivity index (χ3v) is 3.23. The van der Waals surface area contributed by atoms with Crippen LogP contribution in [0.2, 0.25) is 0 Å². The Bertz CT molecular complexity index is 320. The number of amides is 2. The minimum absolute atomic E-state index is 0.00728. The molecule has 1 atom stereocenters. The van der Waals surface area contributed by atoms with E-state index in [0.29, 0.717) is 38.7 Å². The topological polar surface area (TPSA) is 67.9 Å². The van der Waals surface area contributed by atoms with Gasteiger partial charge in [-0.15, -0.1) is 0 Å². The Balaban J connectivity index is 2.41. The summed E-state index contributed by atoms with van der Waals surface area (Å²) in [5.41, 5.74) is 0. The summed E-state index contributed by atoms with van der Waals surface area (Å²) in [6, 6.07) is -0.338. The summed E-state index contributed by atoms with van der Waals surface area (Å²) in [7, 11) is 1.63. The molecule has 0 aliphatic carbocycles. The van der Waals surface area contributed by atoms with Crippen molar-refractivity contribution in [3.63, 3.8) is 0 Å². The van der Waals surface area contributed by atoms with Crippen molar-refractivity contribution in [2.75, 3.05) is 40.0 Å². The van der Waals surface area contributed by atoms with Gasteiger partial charge in [0, 0.05) is 20.3 Å². The normalized spacial score (nSPS) is 19.6. The summed E-state index contributed by atoms with van der Waals surface area (Å²) in [5, 5.41) is 2.66. The minimum atomic E-state index is -0.338. The lowest BCUT2D eigenvalue weighted by Crippen LogP contribution is -2.58. The van der Waals surface area contributed by atoms with Crippen LogP contribution in [0.25, 0.3) is 0 Å². The molecule has 1 aliphatic heterocycles. The number of rotatable bonds is 9. The summed E-state index contributed by atoms with van der Waals surface area (Å²) in [4.78, 5) is 25.5. The van der Waals surface area contributed by atoms with Gasteiger partial charge in [-0.25, -0.2) is 0 Å². The molecule has 1 fully saturated rings. The van der Waals surface area contributed by atoms with Crippen molar-refractivity contribution in [1.29, 1.82) is 0 Å². The summed E-state index contributed by atoms with van der Waals surface area (Å²) < 4.78 is 10.3. The lowest BCUT2D eigenvalue weighted by molar-refractivity contribution is -0.146. The fourth-order valence-corrected chi connectivity index (χ4v) is 2.24. The van der Waals surface area contributed by atoms with Crippen LogP contribution >= 0.6 is 0 Å². The zero-order valence-electron chi connectivity index (χ0n) is 12.7. The van der Waals surface area contributed by atoms with Crippen LogP contribution in [0, 0.1) is 5.92 Å². The van der Waals surface area contributed by atoms with E-state index in [1.54, 1.807) is 12.0 Å². The summed E-state index contributed by atoms with van der Waals surface area (Å²) in [6.45, 7) is 6.48. The van der Waals surface area contributed by atoms with E-state index in [1.807, 2.05) is 0 Å². The molecule has 2 amide bonds. The van der Waals surface area contributed by atoms with Crippen LogP contribution in [0.1, 0.15) is 26.7 Å². The van der Waals surface area contributed by atoms with Gasteiger partial charge in [-0.2, -0.15) is 0 Å². The molecule has 116 valence electrons. The van der Waals surface area contributed by atoms with Gasteiger partial charge >= 0.3 is 0 Å². The average molecular weight is 286 g/mol. The molecule has 0 aromatic heterocycles. The molecule has 0 aromatic rings. The second-order valence-electron chi connectivity index (χ2n) is 5.41. The second kappa shape index (κ2) is 8.92. The molecule has 6 heteroatoms. The molecular formula is C14H26N2O4. The Hall–Kier alpha value is -1.14. The summed E-state index contributed by atoms with van der Waals surface area (Å²) in [5.74, 6) is 0.322. The highest BCUT2D eigenvalue weighted by Gasteiger charge is 2.34. The third kappa shape index (κ3) is 5.46. The molecule has 0 bridgehead atoms. The van der Waals surface area contributed by atoms with E-state index in [-0.39, 0.29) is 24.4 Å². The van der Waals surface area contributed by atoms with Crippen LogP contribution in [-0.2, 0) is 19.1 Å². The predicted octanol–water partition coefficient (Wildman–Crippen LogP) is 0.413. The fourth-order valence-electron chi connectivity index (χ4n) is 2.24. The highest BCUT2D eigenvalue weighted by molar-refractivity contribution is 5.94. The Kier molecular flexibility index (Phi) is 7.54. The van der Waals surface area contributed by atoms with E-state index >= 15 is 0 Å². The van der Waals surface area contributed by atoms with Crippen LogP contribution in [0.5, 0.6) is 0 Å². The van der Waals surface area contributed by atoms with Gasteiger partial charge in [0.2, 0.25) is 11.8 Å². The molecule has 6 nitrogen and oxygen atoms in total. The Morgan fingerprint density at radius 2 is 2.05 bits per heavy atom. The lowest BCUT2D eigenvalue weighted by Gasteiger charge is -2.35. The number of hydrogen-bond donors (Lipinski definition) is 1. The van der Waals surface area contributed by atoms with Gasteiger partial charge in [-0.1, -0.05) is 13.8 Å². The van der Waals surface area contributed by atoms with Crippen molar-refractivity contribution in [3.05, 3.63) is 0 Å². The number of piperazine rings is 1. The average Bonchev–Trinajstić information content (AvgIpc) is 2.40. The monoisotopic (exact) mass is 286 g/mol. The predicted molar refractivity (Wildman–Crippen MR) is 75.3 cm³/mol. The van der Waals surface area contributed by atoms with Crippen molar-refractivity contribution in [1.82, 2.24) is 10.2 Å². The van der Waals surface area contributed by atoms with E-state index in [2.05, 4.69) is 19.2 Å². The van der Waals surface area contributed by atoms with Crippen molar-refractivity contribution in [2.24, 2.45) is 5.92 Å². The first-order chi connectivity index (χ1) is 9.56. The van der Waals surface area contributed by atoms with Crippen molar-refractivity contribution >= 4 is 11.8 Å². The molecule has 1 heterocycles. The van der Waals surface area contributed by atoms with Gasteiger partial charge in [0.05, 0.1) is 19.8 Å². The minimum Gasteiger partial charge on any atom is -0.382 e. The number of nitrogens with one attached hydrogen (secondary N) is 1. The number of nitrogens with zero attached hydrogens (tertiary/aromatic N) is 1. The summed E-state index contributed by atoms with van der Waals surface area (Å²) >= 11 is 0. The molecule has 0 aromatic carbocycles. The lowest BCUT2D eigenvalue weighted by atomic mass is 9.99. The zero-order chi connectivity index (χ0) is 15.0. The molecule has 0 radical (unpaired) electrons. The standard InChI is InChI=1S/C14H26N2O4/c1-11(2)9-12-14(18)15-10-13(17)16(12)5-4-6-20-8-7-19-3/h11-12H,4-10H2,1-3H3,(H,15,18). The summed E-state index contributed by atoms with van der Waals surface area (Å²) in [6.07, 6.45) is 1.43. The Morgan fingerprint density at radius 1 is 1.30 bits per heavy atom. The maximum absolute atomic E-state index is 11.9. The van der Waals surface area contributed by atoms with Crippen molar-refractivity contribution in [3.8, 4) is 0 Å². The Morgan fingerprint density at radius 3 is 2.70 bits per heavy atom. The first-order valence-corrected chi connectivity index (χ1v) is 7.20. The quantitative estimate of drug-likeness (QED) is 0.624. The van der Waals surface area contributed by atoms with Gasteiger partial charge in [0.1, 0.15) is 6.04 Å². The largest absolute Gasteiger partial charge is 0.382 e. The first kappa shape index (κ1) is 16.9. The van der Waals surface area contributed by atoms with Gasteiger partial charge in [0.25, 0.3) is 0 Å². The van der Waals surface area contributed by atoms with Gasteiger partial charge < -0.3 is 19.7 Å². The molecule has 1 rings (SSSR count). The van der Waals surface area contributed by atoms with Crippen LogP contribution in [0.3, 0.4) is 0 Å². The fraction of sp³-hybridized carbons (Fsp3) is 0.857. The number of carbonyl (C=O) groups is 2. The highest BCUT2D eigenvalue weighted by atomic mass is 16.5. The van der Waals surface area contributed by atoms with Crippen LogP contribution in [0.4, 0.5) is 0 Å². The van der Waals surface area contributed by atoms with E-state index in [0.717, 1.165) is 6.42 Å². The van der Waals surface area contributed by atoms with E-state index in [1.165, 1.54) is 0 Å². The van der Waals surface area contributed by atoms with E-state index in [9.17, 15) is 9.59 Å². The first-order valence-electron chi connectivity index (χ1n) is 7.20. The van der Waals surface area contributed by atoms with Gasteiger partial charge in [-0.3, -0.25) is 9.59 Å². The molecule has 0 saturated carbocycles. The van der Waals surface area contributed by atoms with Gasteiger partial charge in [0.15, 0.2) is 0 Å². The highest BCUT2D eigenvalue weighted by Crippen LogP contribution is 2.15. The number of carbonyl (C=O) groups excluding carboxylic acids is 2. The van der Waals surface area contributed by atoms with Crippen molar-refractivity contribution < 1.29 is 19.1 Å². The smallest absolute Gasteiger partial charge is 0.243 e. The van der Waals surface area contributed by atoms with Gasteiger partial charge in [-0.05, 0) is 18.8 Å². The van der Waals surface area contributed by atoms with E-state index < -0.39 is 0 Å². The molecule has 1 N–H and O–H groups in total. The van der Waals surface area contributed by atoms with Crippen LogP contribution in [-0.4, -0.2) is 62.8 Å². The number of hydrogen-bond acceptors (Lipinski definition) is 4. The second-order valence-corrected chi connectivity index (χ2v) is 5.41. The maximum Gasteiger partial charge on any atom is 0.243 e. The SMILES string of the molecule is COCCOCCCN1C(=O)CNC(=O)C1CC(C)C.